The van der Waals surface area contributed by atoms with E-state index in [-0.39, 0.29) is 28.5 Å². The predicted octanol–water partition coefficient (Wildman–Crippen LogP) is 0.909. The zero-order valence-electron chi connectivity index (χ0n) is 16.4. The SMILES string of the molecule is CC(C)CC(=O)NCCC(=O)N1C[C@@H]2CCN(C(=O)c3csc(=O)[nH]3)C[C@@H]2C1. The van der Waals surface area contributed by atoms with Gasteiger partial charge in [-0.05, 0) is 24.2 Å². The second kappa shape index (κ2) is 8.89. The summed E-state index contributed by atoms with van der Waals surface area (Å²) in [4.78, 5) is 54.0. The molecule has 3 heterocycles. The lowest BCUT2D eigenvalue weighted by Crippen LogP contribution is -2.43. The Morgan fingerprint density at radius 1 is 1.21 bits per heavy atom. The lowest BCUT2D eigenvalue weighted by atomic mass is 9.88. The van der Waals surface area contributed by atoms with Crippen molar-refractivity contribution < 1.29 is 14.4 Å². The maximum absolute atomic E-state index is 12.5. The molecule has 0 bridgehead atoms. The Hall–Kier alpha value is -2.16. The molecule has 2 saturated heterocycles. The minimum atomic E-state index is -0.226. The highest BCUT2D eigenvalue weighted by Crippen LogP contribution is 2.32. The van der Waals surface area contributed by atoms with Gasteiger partial charge < -0.3 is 20.1 Å². The molecule has 0 saturated carbocycles. The fourth-order valence-corrected chi connectivity index (χ4v) is 4.58. The molecule has 9 heteroatoms. The van der Waals surface area contributed by atoms with E-state index in [2.05, 4.69) is 10.3 Å². The number of thiazole rings is 1. The summed E-state index contributed by atoms with van der Waals surface area (Å²) in [6.07, 6.45) is 1.64. The number of likely N-dealkylation sites (tertiary alicyclic amines) is 2. The summed E-state index contributed by atoms with van der Waals surface area (Å²) in [7, 11) is 0. The molecule has 0 aliphatic carbocycles. The fourth-order valence-electron chi connectivity index (χ4n) is 4.02. The molecule has 2 N–H and O–H groups in total. The van der Waals surface area contributed by atoms with E-state index in [9.17, 15) is 19.2 Å². The van der Waals surface area contributed by atoms with E-state index >= 15 is 0 Å². The van der Waals surface area contributed by atoms with Crippen LogP contribution >= 0.6 is 11.3 Å². The van der Waals surface area contributed by atoms with Gasteiger partial charge in [0.25, 0.3) is 5.91 Å². The van der Waals surface area contributed by atoms with Gasteiger partial charge >= 0.3 is 4.87 Å². The van der Waals surface area contributed by atoms with Crippen molar-refractivity contribution in [1.29, 1.82) is 0 Å². The van der Waals surface area contributed by atoms with E-state index < -0.39 is 0 Å². The van der Waals surface area contributed by atoms with Gasteiger partial charge in [-0.2, -0.15) is 0 Å². The number of rotatable bonds is 6. The molecule has 2 aliphatic heterocycles. The van der Waals surface area contributed by atoms with Crippen LogP contribution in [0.4, 0.5) is 0 Å². The predicted molar refractivity (Wildman–Crippen MR) is 106 cm³/mol. The molecule has 0 radical (unpaired) electrons. The Morgan fingerprint density at radius 3 is 2.61 bits per heavy atom. The largest absolute Gasteiger partial charge is 0.356 e. The summed E-state index contributed by atoms with van der Waals surface area (Å²) < 4.78 is 0. The summed E-state index contributed by atoms with van der Waals surface area (Å²) in [5.74, 6) is 0.870. The van der Waals surface area contributed by atoms with Crippen LogP contribution in [0.15, 0.2) is 10.2 Å². The molecule has 0 spiro atoms. The van der Waals surface area contributed by atoms with Gasteiger partial charge in [-0.3, -0.25) is 19.2 Å². The molecule has 3 rings (SSSR count). The summed E-state index contributed by atoms with van der Waals surface area (Å²) >= 11 is 0.992. The zero-order valence-corrected chi connectivity index (χ0v) is 17.2. The highest BCUT2D eigenvalue weighted by atomic mass is 32.1. The van der Waals surface area contributed by atoms with Crippen LogP contribution in [0, 0.1) is 17.8 Å². The topological polar surface area (TPSA) is 103 Å². The van der Waals surface area contributed by atoms with Crippen LogP contribution in [0.2, 0.25) is 0 Å². The van der Waals surface area contributed by atoms with Gasteiger partial charge in [0.2, 0.25) is 11.8 Å². The van der Waals surface area contributed by atoms with Crippen LogP contribution in [0.5, 0.6) is 0 Å². The highest BCUT2D eigenvalue weighted by molar-refractivity contribution is 7.07. The average molecular weight is 409 g/mol. The number of nitrogens with one attached hydrogen (secondary N) is 2. The van der Waals surface area contributed by atoms with Crippen LogP contribution in [-0.4, -0.2) is 65.2 Å². The third-order valence-corrected chi connectivity index (χ3v) is 6.12. The third kappa shape index (κ3) is 5.01. The van der Waals surface area contributed by atoms with Gasteiger partial charge in [0, 0.05) is 50.9 Å². The number of aromatic amines is 1. The molecule has 2 atom stereocenters. The van der Waals surface area contributed by atoms with Crippen LogP contribution in [0.3, 0.4) is 0 Å². The van der Waals surface area contributed by atoms with Gasteiger partial charge in [-0.25, -0.2) is 0 Å². The summed E-state index contributed by atoms with van der Waals surface area (Å²) in [6, 6.07) is 0. The van der Waals surface area contributed by atoms with Crippen LogP contribution in [0.25, 0.3) is 0 Å². The number of nitrogens with zero attached hydrogens (tertiary/aromatic N) is 2. The maximum atomic E-state index is 12.5. The van der Waals surface area contributed by atoms with Crippen molar-refractivity contribution in [3.05, 3.63) is 20.7 Å². The lowest BCUT2D eigenvalue weighted by molar-refractivity contribution is -0.130. The van der Waals surface area contributed by atoms with Gasteiger partial charge in [0.05, 0.1) is 0 Å². The van der Waals surface area contributed by atoms with Crippen molar-refractivity contribution in [3.63, 3.8) is 0 Å². The third-order valence-electron chi connectivity index (χ3n) is 5.45. The Bertz CT molecular complexity index is 787. The number of carbonyl (C=O) groups excluding carboxylic acids is 3. The first-order chi connectivity index (χ1) is 13.3. The minimum Gasteiger partial charge on any atom is -0.356 e. The van der Waals surface area contributed by atoms with Crippen molar-refractivity contribution in [3.8, 4) is 0 Å². The van der Waals surface area contributed by atoms with Crippen molar-refractivity contribution >= 4 is 29.1 Å². The van der Waals surface area contributed by atoms with Crippen molar-refractivity contribution in [2.75, 3.05) is 32.7 Å². The molecular weight excluding hydrogens is 380 g/mol. The van der Waals surface area contributed by atoms with Crippen LogP contribution < -0.4 is 10.2 Å². The number of H-pyrrole nitrogens is 1. The van der Waals surface area contributed by atoms with E-state index in [1.165, 1.54) is 0 Å². The van der Waals surface area contributed by atoms with E-state index in [0.717, 1.165) is 24.3 Å². The summed E-state index contributed by atoms with van der Waals surface area (Å²) in [6.45, 7) is 6.96. The van der Waals surface area contributed by atoms with Crippen LogP contribution in [0.1, 0.15) is 43.6 Å². The molecule has 28 heavy (non-hydrogen) atoms. The lowest BCUT2D eigenvalue weighted by Gasteiger charge is -2.33. The van der Waals surface area contributed by atoms with Crippen molar-refractivity contribution in [1.82, 2.24) is 20.1 Å². The number of piperidine rings is 1. The smallest absolute Gasteiger partial charge is 0.305 e. The first kappa shape index (κ1) is 20.6. The van der Waals surface area contributed by atoms with Crippen LogP contribution in [-0.2, 0) is 9.59 Å². The van der Waals surface area contributed by atoms with E-state index in [1.54, 1.807) is 10.3 Å². The van der Waals surface area contributed by atoms with E-state index in [4.69, 9.17) is 0 Å². The van der Waals surface area contributed by atoms with Crippen molar-refractivity contribution in [2.24, 2.45) is 17.8 Å². The minimum absolute atomic E-state index is 0.0153. The normalized spacial score (nSPS) is 21.7. The molecule has 3 amide bonds. The van der Waals surface area contributed by atoms with Gasteiger partial charge in [-0.1, -0.05) is 25.2 Å². The number of hydrogen-bond donors (Lipinski definition) is 2. The standard InChI is InChI=1S/C19H28N4O4S/c1-12(2)7-16(24)20-5-3-17(25)23-8-13-4-6-22(9-14(13)10-23)18(26)15-11-28-19(27)21-15/h11-14H,3-10H2,1-2H3,(H,20,24)(H,21,27)/t13-,14+/m0/s1. The van der Waals surface area contributed by atoms with E-state index in [0.29, 0.717) is 56.6 Å². The Balaban J connectivity index is 1.46. The molecule has 8 nitrogen and oxygen atoms in total. The second-order valence-corrected chi connectivity index (χ2v) is 8.96. The molecule has 0 unspecified atom stereocenters. The number of hydrogen-bond acceptors (Lipinski definition) is 5. The Kier molecular flexibility index (Phi) is 6.53. The van der Waals surface area contributed by atoms with Crippen molar-refractivity contribution in [2.45, 2.75) is 33.1 Å². The quantitative estimate of drug-likeness (QED) is 0.730. The molecule has 154 valence electrons. The average Bonchev–Trinajstić information content (AvgIpc) is 3.25. The first-order valence-corrected chi connectivity index (χ1v) is 10.7. The monoisotopic (exact) mass is 408 g/mol. The van der Waals surface area contributed by atoms with Gasteiger partial charge in [0.1, 0.15) is 5.69 Å². The summed E-state index contributed by atoms with van der Waals surface area (Å²) in [5, 5.41) is 4.37. The second-order valence-electron chi connectivity index (χ2n) is 8.12. The summed E-state index contributed by atoms with van der Waals surface area (Å²) in [5.41, 5.74) is 0.344. The fraction of sp³-hybridized carbons (Fsp3) is 0.684. The highest BCUT2D eigenvalue weighted by Gasteiger charge is 2.40. The number of aromatic nitrogens is 1. The van der Waals surface area contributed by atoms with Gasteiger partial charge in [-0.15, -0.1) is 0 Å². The maximum Gasteiger partial charge on any atom is 0.305 e. The Morgan fingerprint density at radius 2 is 1.93 bits per heavy atom. The number of carbonyl (C=O) groups is 3. The van der Waals surface area contributed by atoms with E-state index in [1.807, 2.05) is 18.7 Å². The molecule has 1 aromatic rings. The Labute approximate surface area is 168 Å². The number of amides is 3. The first-order valence-electron chi connectivity index (χ1n) is 9.85. The number of fused-ring (bicyclic) bond motifs is 1. The zero-order chi connectivity index (χ0) is 20.3. The van der Waals surface area contributed by atoms with Gasteiger partial charge in [0.15, 0.2) is 0 Å². The molecule has 0 aromatic carbocycles. The molecular formula is C19H28N4O4S. The molecule has 2 fully saturated rings. The molecule has 1 aromatic heterocycles. The molecule has 2 aliphatic rings.